The quantitative estimate of drug-likeness (QED) is 0.449. The summed E-state index contributed by atoms with van der Waals surface area (Å²) in [6.45, 7) is 0. The Hall–Kier alpha value is -3.23. The fraction of sp³-hybridized carbons (Fsp3) is 0. The van der Waals surface area contributed by atoms with Crippen LogP contribution in [0, 0.1) is 11.3 Å². The number of para-hydroxylation sites is 1. The minimum atomic E-state index is 0.0731. The normalized spacial score (nSPS) is 11.0. The van der Waals surface area contributed by atoms with Gasteiger partial charge in [0, 0.05) is 17.3 Å². The summed E-state index contributed by atoms with van der Waals surface area (Å²) < 4.78 is 1.78. The predicted molar refractivity (Wildman–Crippen MR) is 99.4 cm³/mol. The van der Waals surface area contributed by atoms with E-state index < -0.39 is 0 Å². The second-order valence-electron chi connectivity index (χ2n) is 5.11. The van der Waals surface area contributed by atoms with Crippen LogP contribution in [-0.4, -0.2) is 14.8 Å². The van der Waals surface area contributed by atoms with Crippen molar-refractivity contribution in [2.24, 2.45) is 5.73 Å². The maximum atomic E-state index is 9.23. The Labute approximate surface area is 145 Å². The lowest BCUT2D eigenvalue weighted by molar-refractivity contribution is 0.884. The van der Waals surface area contributed by atoms with Gasteiger partial charge in [-0.25, -0.2) is 4.68 Å². The molecule has 0 aliphatic rings. The monoisotopic (exact) mass is 330 g/mol. The van der Waals surface area contributed by atoms with Gasteiger partial charge < -0.3 is 5.73 Å². The molecule has 1 heterocycles. The summed E-state index contributed by atoms with van der Waals surface area (Å²) in [5, 5.41) is 13.9. The number of nitrogens with zero attached hydrogens (tertiary/aromatic N) is 3. The highest BCUT2D eigenvalue weighted by Gasteiger charge is 2.12. The highest BCUT2D eigenvalue weighted by Crippen LogP contribution is 2.25. The Bertz CT molecular complexity index is 935. The van der Waals surface area contributed by atoms with Crippen LogP contribution in [0.25, 0.3) is 23.0 Å². The number of benzene rings is 2. The fourth-order valence-corrected chi connectivity index (χ4v) is 2.44. The van der Waals surface area contributed by atoms with E-state index in [0.717, 1.165) is 22.5 Å². The van der Waals surface area contributed by atoms with E-state index in [-0.39, 0.29) is 10.6 Å². The lowest BCUT2D eigenvalue weighted by Gasteiger charge is -2.00. The van der Waals surface area contributed by atoms with Crippen molar-refractivity contribution < 1.29 is 0 Å². The van der Waals surface area contributed by atoms with Gasteiger partial charge in [0.2, 0.25) is 0 Å². The first-order valence-electron chi connectivity index (χ1n) is 7.31. The molecule has 3 aromatic rings. The van der Waals surface area contributed by atoms with Gasteiger partial charge in [0.25, 0.3) is 0 Å². The molecule has 0 bridgehead atoms. The van der Waals surface area contributed by atoms with E-state index in [1.165, 1.54) is 0 Å². The molecule has 0 radical (unpaired) electrons. The van der Waals surface area contributed by atoms with Crippen molar-refractivity contribution in [3.63, 3.8) is 0 Å². The van der Waals surface area contributed by atoms with Crippen LogP contribution in [0.2, 0.25) is 0 Å². The van der Waals surface area contributed by atoms with Crippen molar-refractivity contribution in [3.8, 4) is 23.0 Å². The molecule has 0 aliphatic carbocycles. The highest BCUT2D eigenvalue weighted by atomic mass is 32.1. The van der Waals surface area contributed by atoms with Crippen LogP contribution in [-0.2, 0) is 0 Å². The molecule has 116 valence electrons. The van der Waals surface area contributed by atoms with E-state index in [4.69, 9.17) is 18.0 Å². The summed E-state index contributed by atoms with van der Waals surface area (Å²) in [5.74, 6) is 0. The predicted octanol–water partition coefficient (Wildman–Crippen LogP) is 3.73. The summed E-state index contributed by atoms with van der Waals surface area (Å²) in [6, 6.07) is 21.6. The number of hydrogen-bond acceptors (Lipinski definition) is 3. The van der Waals surface area contributed by atoms with Crippen LogP contribution in [0.3, 0.4) is 0 Å². The Morgan fingerprint density at radius 2 is 1.71 bits per heavy atom. The topological polar surface area (TPSA) is 67.6 Å². The molecule has 0 amide bonds. The van der Waals surface area contributed by atoms with Crippen LogP contribution in [0.4, 0.5) is 0 Å². The Morgan fingerprint density at radius 3 is 2.29 bits per heavy atom. The first-order valence-corrected chi connectivity index (χ1v) is 7.72. The molecule has 0 fully saturated rings. The summed E-state index contributed by atoms with van der Waals surface area (Å²) in [6.07, 6.45) is 3.55. The van der Waals surface area contributed by atoms with Gasteiger partial charge >= 0.3 is 0 Å². The largest absolute Gasteiger partial charge is 0.389 e. The van der Waals surface area contributed by atoms with Crippen LogP contribution in [0.5, 0.6) is 0 Å². The molecule has 0 saturated carbocycles. The third kappa shape index (κ3) is 3.24. The van der Waals surface area contributed by atoms with Gasteiger partial charge in [0.05, 0.1) is 17.0 Å². The van der Waals surface area contributed by atoms with Crippen LogP contribution < -0.4 is 5.73 Å². The molecular formula is C19H14N4S. The van der Waals surface area contributed by atoms with E-state index >= 15 is 0 Å². The first-order chi connectivity index (χ1) is 11.7. The zero-order chi connectivity index (χ0) is 16.9. The van der Waals surface area contributed by atoms with Crippen molar-refractivity contribution in [2.45, 2.75) is 0 Å². The molecule has 5 heteroatoms. The Kier molecular flexibility index (Phi) is 4.50. The first kappa shape index (κ1) is 15.7. The Morgan fingerprint density at radius 1 is 1.08 bits per heavy atom. The van der Waals surface area contributed by atoms with Crippen LogP contribution in [0.1, 0.15) is 5.56 Å². The van der Waals surface area contributed by atoms with Crippen molar-refractivity contribution in [1.29, 1.82) is 5.26 Å². The molecule has 2 N–H and O–H groups in total. The molecule has 1 aromatic heterocycles. The molecule has 0 unspecified atom stereocenters. The van der Waals surface area contributed by atoms with Crippen LogP contribution >= 0.6 is 12.2 Å². The minimum Gasteiger partial charge on any atom is -0.389 e. The average molecular weight is 330 g/mol. The summed E-state index contributed by atoms with van der Waals surface area (Å²) in [5.41, 5.74) is 9.32. The lowest BCUT2D eigenvalue weighted by Crippen LogP contribution is -2.09. The SMILES string of the molecule is N#C/C(=C\c1cn(-c2ccccc2)nc1-c1ccccc1)C(N)=S. The third-order valence-corrected chi connectivity index (χ3v) is 3.72. The van der Waals surface area contributed by atoms with Crippen molar-refractivity contribution in [3.05, 3.63) is 78.0 Å². The van der Waals surface area contributed by atoms with Gasteiger partial charge in [-0.15, -0.1) is 0 Å². The molecule has 3 rings (SSSR count). The number of thiocarbonyl (C=S) groups is 1. The molecule has 2 aromatic carbocycles. The second-order valence-corrected chi connectivity index (χ2v) is 5.55. The number of aromatic nitrogens is 2. The zero-order valence-electron chi connectivity index (χ0n) is 12.8. The molecule has 24 heavy (non-hydrogen) atoms. The van der Waals surface area contributed by atoms with E-state index in [0.29, 0.717) is 0 Å². The maximum Gasteiger partial charge on any atom is 0.114 e. The standard InChI is InChI=1S/C19H14N4S/c20-12-15(19(21)24)11-16-13-23(17-9-5-2-6-10-17)22-18(16)14-7-3-1-4-8-14/h1-11,13H,(H2,21,24)/b15-11+. The summed E-state index contributed by atoms with van der Waals surface area (Å²) >= 11 is 4.94. The summed E-state index contributed by atoms with van der Waals surface area (Å²) in [7, 11) is 0. The van der Waals surface area contributed by atoms with Gasteiger partial charge in [0.15, 0.2) is 0 Å². The van der Waals surface area contributed by atoms with Gasteiger partial charge in [-0.2, -0.15) is 10.4 Å². The number of nitriles is 1. The maximum absolute atomic E-state index is 9.23. The number of hydrogen-bond donors (Lipinski definition) is 1. The molecule has 0 aliphatic heterocycles. The second kappa shape index (κ2) is 6.90. The van der Waals surface area contributed by atoms with E-state index in [2.05, 4.69) is 5.10 Å². The smallest absolute Gasteiger partial charge is 0.114 e. The fourth-order valence-electron chi connectivity index (χ4n) is 2.34. The highest BCUT2D eigenvalue weighted by molar-refractivity contribution is 7.80. The van der Waals surface area contributed by atoms with Gasteiger partial charge in [-0.1, -0.05) is 60.7 Å². The van der Waals surface area contributed by atoms with Gasteiger partial charge in [0.1, 0.15) is 11.1 Å². The van der Waals surface area contributed by atoms with Crippen molar-refractivity contribution in [1.82, 2.24) is 9.78 Å². The molecular weight excluding hydrogens is 316 g/mol. The van der Waals surface area contributed by atoms with Crippen molar-refractivity contribution >= 4 is 23.3 Å². The number of rotatable bonds is 4. The average Bonchev–Trinajstić information content (AvgIpc) is 3.05. The molecule has 0 atom stereocenters. The van der Waals surface area contributed by atoms with E-state index in [1.807, 2.05) is 72.9 Å². The van der Waals surface area contributed by atoms with E-state index in [1.54, 1.807) is 10.8 Å². The third-order valence-electron chi connectivity index (χ3n) is 3.50. The molecule has 0 saturated heterocycles. The molecule has 4 nitrogen and oxygen atoms in total. The Balaban J connectivity index is 2.18. The van der Waals surface area contributed by atoms with Crippen LogP contribution in [0.15, 0.2) is 72.4 Å². The van der Waals surface area contributed by atoms with Crippen molar-refractivity contribution in [2.75, 3.05) is 0 Å². The van der Waals surface area contributed by atoms with Gasteiger partial charge in [-0.3, -0.25) is 0 Å². The lowest BCUT2D eigenvalue weighted by atomic mass is 10.1. The summed E-state index contributed by atoms with van der Waals surface area (Å²) in [4.78, 5) is 0.0731. The number of nitrogens with two attached hydrogens (primary N) is 1. The minimum absolute atomic E-state index is 0.0731. The molecule has 0 spiro atoms. The van der Waals surface area contributed by atoms with E-state index in [9.17, 15) is 5.26 Å². The zero-order valence-corrected chi connectivity index (χ0v) is 13.6. The van der Waals surface area contributed by atoms with Gasteiger partial charge in [-0.05, 0) is 18.2 Å².